The van der Waals surface area contributed by atoms with Crippen molar-refractivity contribution in [2.45, 2.75) is 38.0 Å². The Bertz CT molecular complexity index is 1330. The van der Waals surface area contributed by atoms with Crippen molar-refractivity contribution >= 4 is 33.0 Å². The molecule has 34 heavy (non-hydrogen) atoms. The summed E-state index contributed by atoms with van der Waals surface area (Å²) in [5.41, 5.74) is 2.17. The summed E-state index contributed by atoms with van der Waals surface area (Å²) in [6.45, 7) is 6.01. The molecule has 1 heterocycles. The summed E-state index contributed by atoms with van der Waals surface area (Å²) in [7, 11) is -3.53. The molecule has 0 N–H and O–H groups in total. The van der Waals surface area contributed by atoms with Crippen LogP contribution in [0.5, 0.6) is 11.5 Å². The molecule has 1 aromatic heterocycles. The number of hydrogen-bond acceptors (Lipinski definition) is 7. The molecule has 0 amide bonds. The Balaban J connectivity index is 1.79. The molecule has 0 fully saturated rings. The number of nitrogens with zero attached hydrogens (tertiary/aromatic N) is 2. The quantitative estimate of drug-likeness (QED) is 0.345. The first-order valence-electron chi connectivity index (χ1n) is 10.3. The lowest BCUT2D eigenvalue weighted by Gasteiger charge is -2.27. The highest BCUT2D eigenvalue weighted by Gasteiger charge is 2.26. The van der Waals surface area contributed by atoms with Crippen LogP contribution >= 0.6 is 23.2 Å². The van der Waals surface area contributed by atoms with Crippen molar-refractivity contribution in [2.24, 2.45) is 0 Å². The Morgan fingerprint density at radius 3 is 2.38 bits per heavy atom. The number of rotatable bonds is 9. The van der Waals surface area contributed by atoms with Gasteiger partial charge in [-0.25, -0.2) is 13.4 Å². The Kier molecular flexibility index (Phi) is 7.81. The normalized spacial score (nSPS) is 11.8. The van der Waals surface area contributed by atoms with Crippen molar-refractivity contribution in [3.05, 3.63) is 69.6 Å². The van der Waals surface area contributed by atoms with Gasteiger partial charge in [0.25, 0.3) is 0 Å². The fourth-order valence-corrected chi connectivity index (χ4v) is 4.21. The van der Waals surface area contributed by atoms with Gasteiger partial charge in [0.05, 0.1) is 22.2 Å². The average Bonchev–Trinajstić information content (AvgIpc) is 3.17. The lowest BCUT2D eigenvalue weighted by atomic mass is 9.77. The van der Waals surface area contributed by atoms with Crippen LogP contribution in [0.25, 0.3) is 0 Å². The highest BCUT2D eigenvalue weighted by atomic mass is 35.5. The van der Waals surface area contributed by atoms with Crippen molar-refractivity contribution in [3.63, 3.8) is 0 Å². The van der Waals surface area contributed by atoms with E-state index in [9.17, 15) is 13.7 Å². The van der Waals surface area contributed by atoms with Crippen molar-refractivity contribution in [1.29, 1.82) is 5.26 Å². The number of halogens is 2. The van der Waals surface area contributed by atoms with E-state index in [0.717, 1.165) is 17.4 Å². The monoisotopic (exact) mass is 522 g/mol. The summed E-state index contributed by atoms with van der Waals surface area (Å²) in [5.74, 6) is 1.55. The van der Waals surface area contributed by atoms with Gasteiger partial charge in [-0.1, -0.05) is 37.6 Å². The molecule has 0 aliphatic rings. The number of ether oxygens (including phenoxy) is 2. The van der Waals surface area contributed by atoms with Gasteiger partial charge in [-0.05, 0) is 42.3 Å². The van der Waals surface area contributed by atoms with Crippen LogP contribution in [0.1, 0.15) is 42.0 Å². The molecule has 180 valence electrons. The molecular formula is C24H24Cl2N2O5S. The number of oxazole rings is 1. The molecule has 0 radical (unpaired) electrons. The van der Waals surface area contributed by atoms with E-state index in [1.807, 2.05) is 38.1 Å². The van der Waals surface area contributed by atoms with E-state index in [1.165, 1.54) is 0 Å². The maximum absolute atomic E-state index is 11.6. The minimum absolute atomic E-state index is 0.0436. The molecule has 0 atom stereocenters. The molecule has 10 heteroatoms. The van der Waals surface area contributed by atoms with E-state index in [0.29, 0.717) is 33.5 Å². The molecular weight excluding hydrogens is 499 g/mol. The first-order valence-corrected chi connectivity index (χ1v) is 13.1. The van der Waals surface area contributed by atoms with Crippen molar-refractivity contribution in [3.8, 4) is 17.6 Å². The van der Waals surface area contributed by atoms with Crippen LogP contribution in [0.3, 0.4) is 0 Å². The van der Waals surface area contributed by atoms with Crippen molar-refractivity contribution < 1.29 is 22.3 Å². The van der Waals surface area contributed by atoms with E-state index in [2.05, 4.69) is 11.1 Å². The topological polar surface area (TPSA) is 102 Å². The van der Waals surface area contributed by atoms with Crippen LogP contribution < -0.4 is 9.47 Å². The largest absolute Gasteiger partial charge is 0.489 e. The molecule has 7 nitrogen and oxygen atoms in total. The van der Waals surface area contributed by atoms with Crippen molar-refractivity contribution in [2.75, 3.05) is 18.7 Å². The molecule has 0 unspecified atom stereocenters. The van der Waals surface area contributed by atoms with Gasteiger partial charge < -0.3 is 13.9 Å². The zero-order valence-corrected chi connectivity index (χ0v) is 21.5. The van der Waals surface area contributed by atoms with Crippen LogP contribution in [-0.4, -0.2) is 32.1 Å². The molecule has 3 rings (SSSR count). The SMILES string of the molecule is Cc1nc(S(C)(=O)=O)oc1COc1ccc(C(C)(C)c2cc(Cl)c(OCCCl)c(C#N)c2)cc1. The maximum Gasteiger partial charge on any atom is 0.315 e. The van der Waals surface area contributed by atoms with Crippen LogP contribution in [0.2, 0.25) is 5.02 Å². The fourth-order valence-electron chi connectivity index (χ4n) is 3.30. The minimum Gasteiger partial charge on any atom is -0.489 e. The van der Waals surface area contributed by atoms with Gasteiger partial charge in [0.15, 0.2) is 11.5 Å². The van der Waals surface area contributed by atoms with Crippen LogP contribution in [0.4, 0.5) is 0 Å². The summed E-state index contributed by atoms with van der Waals surface area (Å²) in [5, 5.41) is 9.60. The standard InChI is InChI=1S/C24H24Cl2N2O5S/c1-15-21(33-23(28-15)34(4,29)30)14-32-19-7-5-17(6-8-19)24(2,3)18-11-16(13-27)22(20(26)12-18)31-10-9-25/h5-8,11-12H,9-10,14H2,1-4H3. The Morgan fingerprint density at radius 1 is 1.15 bits per heavy atom. The second kappa shape index (κ2) is 10.3. The lowest BCUT2D eigenvalue weighted by Crippen LogP contribution is -2.19. The summed E-state index contributed by atoms with van der Waals surface area (Å²) in [6.07, 6.45) is 1.04. The molecule has 3 aromatic rings. The number of aromatic nitrogens is 1. The van der Waals surface area contributed by atoms with E-state index in [4.69, 9.17) is 37.1 Å². The van der Waals surface area contributed by atoms with Crippen LogP contribution in [0, 0.1) is 18.3 Å². The van der Waals surface area contributed by atoms with Crippen molar-refractivity contribution in [1.82, 2.24) is 4.98 Å². The molecule has 0 saturated carbocycles. The number of benzene rings is 2. The van der Waals surface area contributed by atoms with Gasteiger partial charge in [0, 0.05) is 11.7 Å². The minimum atomic E-state index is -3.53. The Labute approximate surface area is 209 Å². The summed E-state index contributed by atoms with van der Waals surface area (Å²) >= 11 is 12.1. The number of alkyl halides is 1. The van der Waals surface area contributed by atoms with Gasteiger partial charge in [-0.3, -0.25) is 0 Å². The molecule has 0 aliphatic carbocycles. The first kappa shape index (κ1) is 25.9. The summed E-state index contributed by atoms with van der Waals surface area (Å²) in [6, 6.07) is 13.2. The van der Waals surface area contributed by atoms with E-state index >= 15 is 0 Å². The van der Waals surface area contributed by atoms with E-state index in [1.54, 1.807) is 19.1 Å². The Hall–Kier alpha value is -2.73. The average molecular weight is 523 g/mol. The highest BCUT2D eigenvalue weighted by Crippen LogP contribution is 2.38. The van der Waals surface area contributed by atoms with E-state index in [-0.39, 0.29) is 24.3 Å². The smallest absolute Gasteiger partial charge is 0.315 e. The third-order valence-electron chi connectivity index (χ3n) is 5.35. The summed E-state index contributed by atoms with van der Waals surface area (Å²) in [4.78, 5) is 3.93. The third kappa shape index (κ3) is 5.66. The number of aryl methyl sites for hydroxylation is 1. The second-order valence-electron chi connectivity index (χ2n) is 8.18. The highest BCUT2D eigenvalue weighted by molar-refractivity contribution is 7.90. The van der Waals surface area contributed by atoms with E-state index < -0.39 is 15.3 Å². The van der Waals surface area contributed by atoms with Gasteiger partial charge >= 0.3 is 5.22 Å². The molecule has 0 saturated heterocycles. The fraction of sp³-hybridized carbons (Fsp3) is 0.333. The molecule has 0 spiro atoms. The third-order valence-corrected chi connectivity index (χ3v) is 6.59. The van der Waals surface area contributed by atoms with Gasteiger partial charge in [-0.2, -0.15) is 5.26 Å². The lowest BCUT2D eigenvalue weighted by molar-refractivity contribution is 0.255. The number of nitriles is 1. The number of hydrogen-bond donors (Lipinski definition) is 0. The number of sulfone groups is 1. The van der Waals surface area contributed by atoms with Gasteiger partial charge in [0.2, 0.25) is 9.84 Å². The van der Waals surface area contributed by atoms with Crippen LogP contribution in [0.15, 0.2) is 46.0 Å². The van der Waals surface area contributed by atoms with Gasteiger partial charge in [0.1, 0.15) is 25.0 Å². The predicted molar refractivity (Wildman–Crippen MR) is 130 cm³/mol. The zero-order chi connectivity index (χ0) is 25.1. The Morgan fingerprint density at radius 2 is 1.82 bits per heavy atom. The maximum atomic E-state index is 11.6. The zero-order valence-electron chi connectivity index (χ0n) is 19.2. The summed E-state index contributed by atoms with van der Waals surface area (Å²) < 4.78 is 39.8. The van der Waals surface area contributed by atoms with Crippen LogP contribution in [-0.2, 0) is 21.9 Å². The molecule has 0 aliphatic heterocycles. The second-order valence-corrected chi connectivity index (χ2v) is 10.9. The molecule has 0 bridgehead atoms. The molecule has 2 aromatic carbocycles. The van der Waals surface area contributed by atoms with Gasteiger partial charge in [-0.15, -0.1) is 11.6 Å². The first-order chi connectivity index (χ1) is 16.0. The predicted octanol–water partition coefficient (Wildman–Crippen LogP) is 5.43.